The van der Waals surface area contributed by atoms with Crippen LogP contribution in [0.2, 0.25) is 0 Å². The minimum Gasteiger partial charge on any atom is -0.360 e. The summed E-state index contributed by atoms with van der Waals surface area (Å²) >= 11 is 1.72. The maximum atomic E-state index is 4.23. The molecule has 1 aromatic rings. The van der Waals surface area contributed by atoms with Crippen molar-refractivity contribution in [2.24, 2.45) is 11.8 Å². The molecule has 1 N–H and O–H groups in total. The van der Waals surface area contributed by atoms with E-state index in [1.165, 1.54) is 32.1 Å². The first-order valence-electron chi connectivity index (χ1n) is 6.80. The minimum atomic E-state index is 0.661. The minimum absolute atomic E-state index is 0.661. The van der Waals surface area contributed by atoms with E-state index in [2.05, 4.69) is 29.4 Å². The molecule has 96 valence electrons. The topological polar surface area (TPSA) is 37.8 Å². The Bertz CT molecular complexity index is 329. The molecule has 1 fully saturated rings. The lowest BCUT2D eigenvalue weighted by Crippen LogP contribution is -2.16. The van der Waals surface area contributed by atoms with Crippen LogP contribution >= 0.6 is 11.3 Å². The molecule has 0 bridgehead atoms. The van der Waals surface area contributed by atoms with Crippen molar-refractivity contribution < 1.29 is 0 Å². The van der Waals surface area contributed by atoms with E-state index in [1.807, 2.05) is 0 Å². The zero-order valence-corrected chi connectivity index (χ0v) is 11.7. The molecule has 0 saturated heterocycles. The van der Waals surface area contributed by atoms with E-state index in [0.29, 0.717) is 5.92 Å². The number of nitrogens with zero attached hydrogens (tertiary/aromatic N) is 2. The summed E-state index contributed by atoms with van der Waals surface area (Å²) < 4.78 is 0. The fourth-order valence-electron chi connectivity index (χ4n) is 2.38. The van der Waals surface area contributed by atoms with Gasteiger partial charge in [-0.2, -0.15) is 0 Å². The number of rotatable bonds is 5. The average Bonchev–Trinajstić information content (AvgIpc) is 2.75. The summed E-state index contributed by atoms with van der Waals surface area (Å²) in [6.07, 6.45) is 8.04. The molecule has 1 aromatic heterocycles. The van der Waals surface area contributed by atoms with Gasteiger partial charge in [-0.15, -0.1) is 10.2 Å². The first-order chi connectivity index (χ1) is 8.24. The highest BCUT2D eigenvalue weighted by molar-refractivity contribution is 7.15. The highest BCUT2D eigenvalue weighted by atomic mass is 32.1. The first-order valence-corrected chi connectivity index (χ1v) is 7.62. The van der Waals surface area contributed by atoms with Crippen molar-refractivity contribution in [3.05, 3.63) is 5.01 Å². The van der Waals surface area contributed by atoms with E-state index >= 15 is 0 Å². The summed E-state index contributed by atoms with van der Waals surface area (Å²) in [4.78, 5) is 0. The Morgan fingerprint density at radius 2 is 2.00 bits per heavy atom. The SMILES string of the molecule is CC(C)Cc1nnc(NCC2CCCCC2)s1. The molecule has 0 unspecified atom stereocenters. The zero-order valence-electron chi connectivity index (χ0n) is 10.9. The van der Waals surface area contributed by atoms with Gasteiger partial charge in [0.05, 0.1) is 0 Å². The van der Waals surface area contributed by atoms with Crippen LogP contribution in [-0.4, -0.2) is 16.7 Å². The van der Waals surface area contributed by atoms with Crippen LogP contribution in [0.1, 0.15) is 51.0 Å². The molecule has 4 heteroatoms. The molecule has 1 saturated carbocycles. The lowest BCUT2D eigenvalue weighted by atomic mass is 9.89. The summed E-state index contributed by atoms with van der Waals surface area (Å²) in [5.74, 6) is 1.51. The van der Waals surface area contributed by atoms with E-state index < -0.39 is 0 Å². The van der Waals surface area contributed by atoms with E-state index in [9.17, 15) is 0 Å². The maximum Gasteiger partial charge on any atom is 0.205 e. The normalized spacial score (nSPS) is 17.6. The second kappa shape index (κ2) is 6.34. The van der Waals surface area contributed by atoms with Crippen molar-refractivity contribution in [1.82, 2.24) is 10.2 Å². The molecule has 0 spiro atoms. The Balaban J connectivity index is 1.76. The van der Waals surface area contributed by atoms with Crippen LogP contribution in [0.25, 0.3) is 0 Å². The molecule has 0 amide bonds. The largest absolute Gasteiger partial charge is 0.360 e. The zero-order chi connectivity index (χ0) is 12.1. The molecule has 1 heterocycles. The summed E-state index contributed by atoms with van der Waals surface area (Å²) in [7, 11) is 0. The first kappa shape index (κ1) is 12.8. The molecule has 17 heavy (non-hydrogen) atoms. The predicted molar refractivity (Wildman–Crippen MR) is 73.5 cm³/mol. The predicted octanol–water partition coefficient (Wildman–Crippen LogP) is 3.73. The molecular weight excluding hydrogens is 230 g/mol. The molecule has 0 radical (unpaired) electrons. The average molecular weight is 253 g/mol. The number of anilines is 1. The van der Waals surface area contributed by atoms with Crippen LogP contribution in [-0.2, 0) is 6.42 Å². The smallest absolute Gasteiger partial charge is 0.205 e. The van der Waals surface area contributed by atoms with Crippen LogP contribution in [0.3, 0.4) is 0 Å². The Morgan fingerprint density at radius 3 is 2.71 bits per heavy atom. The maximum absolute atomic E-state index is 4.23. The Labute approximate surface area is 108 Å². The number of hydrogen-bond acceptors (Lipinski definition) is 4. The van der Waals surface area contributed by atoms with Gasteiger partial charge in [-0.1, -0.05) is 44.4 Å². The molecular formula is C13H23N3S. The van der Waals surface area contributed by atoms with Gasteiger partial charge < -0.3 is 5.32 Å². The fraction of sp³-hybridized carbons (Fsp3) is 0.846. The van der Waals surface area contributed by atoms with Gasteiger partial charge >= 0.3 is 0 Å². The Morgan fingerprint density at radius 1 is 1.24 bits per heavy atom. The van der Waals surface area contributed by atoms with Crippen molar-refractivity contribution in [2.75, 3.05) is 11.9 Å². The third-order valence-electron chi connectivity index (χ3n) is 3.32. The van der Waals surface area contributed by atoms with Crippen LogP contribution in [0.5, 0.6) is 0 Å². The van der Waals surface area contributed by atoms with Gasteiger partial charge in [0.2, 0.25) is 5.13 Å². The van der Waals surface area contributed by atoms with Gasteiger partial charge in [0.1, 0.15) is 5.01 Å². The lowest BCUT2D eigenvalue weighted by Gasteiger charge is -2.21. The second-order valence-corrected chi connectivity index (χ2v) is 6.55. The van der Waals surface area contributed by atoms with Crippen LogP contribution in [0, 0.1) is 11.8 Å². The van der Waals surface area contributed by atoms with E-state index in [1.54, 1.807) is 11.3 Å². The summed E-state index contributed by atoms with van der Waals surface area (Å²) in [5, 5.41) is 14.1. The van der Waals surface area contributed by atoms with Crippen molar-refractivity contribution in [1.29, 1.82) is 0 Å². The number of aromatic nitrogens is 2. The van der Waals surface area contributed by atoms with Gasteiger partial charge in [0.25, 0.3) is 0 Å². The Kier molecular flexibility index (Phi) is 4.77. The van der Waals surface area contributed by atoms with Crippen LogP contribution in [0.15, 0.2) is 0 Å². The standard InChI is InChI=1S/C13H23N3S/c1-10(2)8-12-15-16-13(17-12)14-9-11-6-4-3-5-7-11/h10-11H,3-9H2,1-2H3,(H,14,16). The molecule has 1 aliphatic rings. The molecule has 0 aliphatic heterocycles. The van der Waals surface area contributed by atoms with Gasteiger partial charge in [0.15, 0.2) is 0 Å². The van der Waals surface area contributed by atoms with E-state index in [0.717, 1.165) is 29.0 Å². The fourth-order valence-corrected chi connectivity index (χ4v) is 3.34. The molecule has 1 aliphatic carbocycles. The molecule has 2 rings (SSSR count). The highest BCUT2D eigenvalue weighted by Gasteiger charge is 2.14. The molecule has 0 aromatic carbocycles. The van der Waals surface area contributed by atoms with Crippen molar-refractivity contribution in [3.63, 3.8) is 0 Å². The summed E-state index contributed by atoms with van der Waals surface area (Å²) in [5.41, 5.74) is 0. The van der Waals surface area contributed by atoms with Gasteiger partial charge in [-0.3, -0.25) is 0 Å². The third kappa shape index (κ3) is 4.26. The van der Waals surface area contributed by atoms with Gasteiger partial charge in [-0.05, 0) is 24.7 Å². The Hall–Kier alpha value is -0.640. The van der Waals surface area contributed by atoms with Crippen LogP contribution < -0.4 is 5.32 Å². The number of hydrogen-bond donors (Lipinski definition) is 1. The number of nitrogens with one attached hydrogen (secondary N) is 1. The quantitative estimate of drug-likeness (QED) is 0.869. The summed E-state index contributed by atoms with van der Waals surface area (Å²) in [6.45, 7) is 5.52. The van der Waals surface area contributed by atoms with Crippen molar-refractivity contribution in [2.45, 2.75) is 52.4 Å². The third-order valence-corrected chi connectivity index (χ3v) is 4.22. The van der Waals surface area contributed by atoms with Crippen molar-refractivity contribution >= 4 is 16.5 Å². The lowest BCUT2D eigenvalue weighted by molar-refractivity contribution is 0.373. The van der Waals surface area contributed by atoms with E-state index in [-0.39, 0.29) is 0 Å². The monoisotopic (exact) mass is 253 g/mol. The van der Waals surface area contributed by atoms with Gasteiger partial charge in [-0.25, -0.2) is 0 Å². The second-order valence-electron chi connectivity index (χ2n) is 5.48. The van der Waals surface area contributed by atoms with Gasteiger partial charge in [0, 0.05) is 13.0 Å². The molecule has 3 nitrogen and oxygen atoms in total. The summed E-state index contributed by atoms with van der Waals surface area (Å²) in [6, 6.07) is 0. The highest BCUT2D eigenvalue weighted by Crippen LogP contribution is 2.25. The van der Waals surface area contributed by atoms with Crippen molar-refractivity contribution in [3.8, 4) is 0 Å². The van der Waals surface area contributed by atoms with Crippen LogP contribution in [0.4, 0.5) is 5.13 Å². The van der Waals surface area contributed by atoms with E-state index in [4.69, 9.17) is 0 Å². The molecule has 0 atom stereocenters.